The van der Waals surface area contributed by atoms with Gasteiger partial charge in [0, 0.05) is 32.4 Å². The largest absolute Gasteiger partial charge is 0.347 e. The molecule has 0 saturated carbocycles. The van der Waals surface area contributed by atoms with Crippen LogP contribution in [0.4, 0.5) is 0 Å². The molecule has 0 radical (unpaired) electrons. The summed E-state index contributed by atoms with van der Waals surface area (Å²) in [4.78, 5) is 2.44. The highest BCUT2D eigenvalue weighted by molar-refractivity contribution is 4.81. The summed E-state index contributed by atoms with van der Waals surface area (Å²) in [7, 11) is 0. The molecule has 6 nitrogen and oxygen atoms in total. The first kappa shape index (κ1) is 48.8. The predicted molar refractivity (Wildman–Crippen MR) is 220 cm³/mol. The van der Waals surface area contributed by atoms with Crippen molar-refractivity contribution in [3.8, 4) is 0 Å². The lowest BCUT2D eigenvalue weighted by Crippen LogP contribution is -2.32. The molecule has 2 rings (SSSR count). The van der Waals surface area contributed by atoms with E-state index in [1.807, 2.05) is 0 Å². The lowest BCUT2D eigenvalue weighted by Gasteiger charge is -2.29. The number of nitrogens with two attached hydrogens (primary N) is 1. The third-order valence-corrected chi connectivity index (χ3v) is 11.5. The van der Waals surface area contributed by atoms with Crippen molar-refractivity contribution < 1.29 is 18.9 Å². The van der Waals surface area contributed by atoms with Crippen molar-refractivity contribution in [1.29, 1.82) is 0 Å². The van der Waals surface area contributed by atoms with Crippen LogP contribution >= 0.6 is 0 Å². The number of hydrogen-bond donors (Lipinski definition) is 1. The van der Waals surface area contributed by atoms with Crippen LogP contribution in [0.2, 0.25) is 0 Å². The zero-order chi connectivity index (χ0) is 36.0. The summed E-state index contributed by atoms with van der Waals surface area (Å²) in [5, 5.41) is 0. The fourth-order valence-electron chi connectivity index (χ4n) is 8.17. The Hall–Kier alpha value is -0.240. The van der Waals surface area contributed by atoms with Crippen molar-refractivity contribution in [1.82, 2.24) is 4.90 Å². The van der Waals surface area contributed by atoms with Crippen LogP contribution in [0.5, 0.6) is 0 Å². The normalized spacial score (nSPS) is 23.4. The summed E-state index contributed by atoms with van der Waals surface area (Å²) in [6.07, 6.45) is 39.2. The Morgan fingerprint density at radius 1 is 0.451 bits per heavy atom. The average Bonchev–Trinajstić information content (AvgIpc) is 3.73. The van der Waals surface area contributed by atoms with Gasteiger partial charge in [-0.25, -0.2) is 0 Å². The second kappa shape index (κ2) is 32.0. The molecule has 0 amide bonds. The maximum Gasteiger partial charge on any atom is 0.168 e. The molecular weight excluding hydrogens is 633 g/mol. The number of hydrogen-bond acceptors (Lipinski definition) is 6. The molecule has 2 N–H and O–H groups in total. The molecule has 4 atom stereocenters. The number of ether oxygens (including phenoxy) is 4. The highest BCUT2D eigenvalue weighted by atomic mass is 16.7. The lowest BCUT2D eigenvalue weighted by molar-refractivity contribution is -0.180. The molecular formula is C45H92N2O4. The van der Waals surface area contributed by atoms with E-state index >= 15 is 0 Å². The third-order valence-electron chi connectivity index (χ3n) is 11.5. The molecule has 2 aliphatic rings. The Morgan fingerprint density at radius 2 is 0.765 bits per heavy atom. The van der Waals surface area contributed by atoms with E-state index in [-0.39, 0.29) is 31.2 Å². The monoisotopic (exact) mass is 725 g/mol. The summed E-state index contributed by atoms with van der Waals surface area (Å²) < 4.78 is 26.4. The van der Waals surface area contributed by atoms with Crippen LogP contribution in [0, 0.1) is 0 Å². The quantitative estimate of drug-likeness (QED) is 0.0512. The molecule has 2 aliphatic heterocycles. The van der Waals surface area contributed by atoms with E-state index < -0.39 is 0 Å². The number of unbranched alkanes of at least 4 members (excludes halogenated alkanes) is 19. The minimum Gasteiger partial charge on any atom is -0.347 e. The first-order chi connectivity index (χ1) is 24.5. The van der Waals surface area contributed by atoms with Gasteiger partial charge in [0.1, 0.15) is 0 Å². The van der Waals surface area contributed by atoms with Gasteiger partial charge in [-0.05, 0) is 77.3 Å². The Bertz CT molecular complexity index is 756. The molecule has 306 valence electrons. The second-order valence-corrected chi connectivity index (χ2v) is 16.2. The molecule has 4 unspecified atom stereocenters. The van der Waals surface area contributed by atoms with Gasteiger partial charge in [0.05, 0.1) is 25.4 Å². The van der Waals surface area contributed by atoms with Crippen LogP contribution in [0.3, 0.4) is 0 Å². The molecule has 0 bridgehead atoms. The van der Waals surface area contributed by atoms with Gasteiger partial charge in [0.2, 0.25) is 0 Å². The molecule has 51 heavy (non-hydrogen) atoms. The molecule has 0 aliphatic carbocycles. The minimum absolute atomic E-state index is 0. The van der Waals surface area contributed by atoms with Gasteiger partial charge in [-0.3, -0.25) is 4.90 Å². The smallest absolute Gasteiger partial charge is 0.168 e. The first-order valence-corrected chi connectivity index (χ1v) is 22.6. The summed E-state index contributed by atoms with van der Waals surface area (Å²) in [5.74, 6) is -0.634. The highest BCUT2D eigenvalue weighted by Crippen LogP contribution is 2.37. The first-order valence-electron chi connectivity index (χ1n) is 22.6. The van der Waals surface area contributed by atoms with Crippen molar-refractivity contribution in [2.75, 3.05) is 33.0 Å². The van der Waals surface area contributed by atoms with Crippen molar-refractivity contribution in [3.63, 3.8) is 0 Å². The van der Waals surface area contributed by atoms with Crippen LogP contribution in [0.25, 0.3) is 0 Å². The van der Waals surface area contributed by atoms with E-state index in [0.717, 1.165) is 64.8 Å². The zero-order valence-corrected chi connectivity index (χ0v) is 34.3. The van der Waals surface area contributed by atoms with Crippen molar-refractivity contribution in [2.45, 2.75) is 258 Å². The molecule has 0 spiro atoms. The van der Waals surface area contributed by atoms with E-state index in [1.54, 1.807) is 0 Å². The summed E-state index contributed by atoms with van der Waals surface area (Å²) in [6, 6.07) is 0. The van der Waals surface area contributed by atoms with Gasteiger partial charge in [-0.1, -0.05) is 144 Å². The molecule has 2 saturated heterocycles. The van der Waals surface area contributed by atoms with Crippen LogP contribution in [-0.2, 0) is 18.9 Å². The fourth-order valence-corrected chi connectivity index (χ4v) is 8.17. The number of nitrogens with zero attached hydrogens (tertiary/aromatic N) is 1. The van der Waals surface area contributed by atoms with E-state index in [4.69, 9.17) is 24.7 Å². The van der Waals surface area contributed by atoms with E-state index in [9.17, 15) is 0 Å². The van der Waals surface area contributed by atoms with Crippen molar-refractivity contribution in [3.05, 3.63) is 0 Å². The summed E-state index contributed by atoms with van der Waals surface area (Å²) >= 11 is 0. The van der Waals surface area contributed by atoms with Gasteiger partial charge in [-0.2, -0.15) is 0 Å². The Kier molecular flexibility index (Phi) is 30.7. The molecule has 6 heteroatoms. The molecule has 0 aromatic carbocycles. The van der Waals surface area contributed by atoms with Gasteiger partial charge in [0.15, 0.2) is 11.6 Å². The fraction of sp³-hybridized carbons (Fsp3) is 1.00. The van der Waals surface area contributed by atoms with Crippen LogP contribution in [0.1, 0.15) is 234 Å². The lowest BCUT2D eigenvalue weighted by atomic mass is 9.99. The van der Waals surface area contributed by atoms with Crippen molar-refractivity contribution in [2.24, 2.45) is 5.73 Å². The predicted octanol–water partition coefficient (Wildman–Crippen LogP) is 13.2. The van der Waals surface area contributed by atoms with E-state index in [0.29, 0.717) is 6.67 Å². The SMILES string of the molecule is C.CCCCCCCCCC1(CCCCCC)OCC(CCCCN(CN)CCCCC2COC(CCCCCC)(CCCCCCCC)O2)O1. The van der Waals surface area contributed by atoms with Crippen LogP contribution in [-0.4, -0.2) is 61.7 Å². The van der Waals surface area contributed by atoms with E-state index in [1.165, 1.54) is 161 Å². The molecule has 2 heterocycles. The summed E-state index contributed by atoms with van der Waals surface area (Å²) in [6.45, 7) is 13.5. The Morgan fingerprint density at radius 3 is 1.10 bits per heavy atom. The van der Waals surface area contributed by atoms with E-state index in [2.05, 4.69) is 32.6 Å². The van der Waals surface area contributed by atoms with Crippen molar-refractivity contribution >= 4 is 0 Å². The van der Waals surface area contributed by atoms with Gasteiger partial charge < -0.3 is 24.7 Å². The van der Waals surface area contributed by atoms with Gasteiger partial charge in [-0.15, -0.1) is 0 Å². The molecule has 2 fully saturated rings. The van der Waals surface area contributed by atoms with Gasteiger partial charge in [0.25, 0.3) is 0 Å². The van der Waals surface area contributed by atoms with Crippen LogP contribution < -0.4 is 5.73 Å². The molecule has 0 aromatic heterocycles. The second-order valence-electron chi connectivity index (χ2n) is 16.2. The van der Waals surface area contributed by atoms with Gasteiger partial charge >= 0.3 is 0 Å². The minimum atomic E-state index is -0.317. The standard InChI is InChI=1S/C44H88N2O4.CH4/c1-5-9-13-17-19-21-27-35-44(33-25-16-12-8-4)48-39-42(50-44)31-23-29-37-46(40-45)36-28-22-30-41-38-47-43(49-41,32-24-15-11-7-3)34-26-20-18-14-10-6-2;/h41-42H,5-40,45H2,1-4H3;1H4. The Labute approximate surface area is 319 Å². The topological polar surface area (TPSA) is 66.2 Å². The highest BCUT2D eigenvalue weighted by Gasteiger charge is 2.41. The zero-order valence-electron chi connectivity index (χ0n) is 34.3. The average molecular weight is 725 g/mol. The maximum atomic E-state index is 6.74. The van der Waals surface area contributed by atoms with Crippen LogP contribution in [0.15, 0.2) is 0 Å². The third kappa shape index (κ3) is 22.7. The maximum absolute atomic E-state index is 6.74. The Balaban J connectivity index is 0.0000130. The number of rotatable bonds is 36. The summed E-state index contributed by atoms with van der Waals surface area (Å²) in [5.41, 5.74) is 6.20. The molecule has 0 aromatic rings.